The van der Waals surface area contributed by atoms with Crippen molar-refractivity contribution in [3.05, 3.63) is 28.9 Å². The summed E-state index contributed by atoms with van der Waals surface area (Å²) >= 11 is 0. The Morgan fingerprint density at radius 3 is 2.70 bits per heavy atom. The maximum Gasteiger partial charge on any atom is 0.277 e. The SMILES string of the molecule is Cc1cc(C(=O)Nc2c(C)nn(C3CCS(=O)(=O)C3)c2C)no1. The van der Waals surface area contributed by atoms with Gasteiger partial charge in [0.1, 0.15) is 5.76 Å². The highest BCUT2D eigenvalue weighted by molar-refractivity contribution is 7.91. The predicted octanol–water partition coefficient (Wildman–Crippen LogP) is 1.41. The van der Waals surface area contributed by atoms with Gasteiger partial charge >= 0.3 is 0 Å². The molecule has 1 unspecified atom stereocenters. The van der Waals surface area contributed by atoms with Gasteiger partial charge in [0.05, 0.1) is 34.6 Å². The molecular formula is C14H18N4O4S. The normalized spacial score (nSPS) is 19.9. The van der Waals surface area contributed by atoms with E-state index < -0.39 is 9.84 Å². The first-order valence-electron chi connectivity index (χ1n) is 7.27. The second-order valence-corrected chi connectivity index (χ2v) is 8.05. The zero-order valence-electron chi connectivity index (χ0n) is 13.2. The van der Waals surface area contributed by atoms with Crippen molar-refractivity contribution in [2.45, 2.75) is 33.2 Å². The highest BCUT2D eigenvalue weighted by Crippen LogP contribution is 2.29. The maximum atomic E-state index is 12.2. The number of carbonyl (C=O) groups is 1. The van der Waals surface area contributed by atoms with Gasteiger partial charge in [-0.15, -0.1) is 0 Å². The van der Waals surface area contributed by atoms with E-state index in [1.54, 1.807) is 24.6 Å². The van der Waals surface area contributed by atoms with Gasteiger partial charge in [0.25, 0.3) is 5.91 Å². The predicted molar refractivity (Wildman–Crippen MR) is 83.2 cm³/mol. The molecule has 1 atom stereocenters. The van der Waals surface area contributed by atoms with Crippen molar-refractivity contribution >= 4 is 21.4 Å². The molecule has 1 N–H and O–H groups in total. The average molecular weight is 338 g/mol. The zero-order valence-corrected chi connectivity index (χ0v) is 14.0. The Morgan fingerprint density at radius 2 is 2.13 bits per heavy atom. The highest BCUT2D eigenvalue weighted by atomic mass is 32.2. The summed E-state index contributed by atoms with van der Waals surface area (Å²) < 4.78 is 29.9. The molecular weight excluding hydrogens is 320 g/mol. The van der Waals surface area contributed by atoms with Crippen LogP contribution in [-0.4, -0.2) is 40.8 Å². The van der Waals surface area contributed by atoms with Crippen molar-refractivity contribution < 1.29 is 17.7 Å². The molecule has 0 radical (unpaired) electrons. The van der Waals surface area contributed by atoms with Crippen LogP contribution >= 0.6 is 0 Å². The van der Waals surface area contributed by atoms with Crippen molar-refractivity contribution in [2.75, 3.05) is 16.8 Å². The fourth-order valence-electron chi connectivity index (χ4n) is 2.82. The van der Waals surface area contributed by atoms with E-state index in [9.17, 15) is 13.2 Å². The molecule has 1 saturated heterocycles. The second-order valence-electron chi connectivity index (χ2n) is 5.82. The summed E-state index contributed by atoms with van der Waals surface area (Å²) in [6.45, 7) is 5.30. The average Bonchev–Trinajstić information content (AvgIpc) is 3.12. The van der Waals surface area contributed by atoms with Gasteiger partial charge in [0.15, 0.2) is 15.5 Å². The Morgan fingerprint density at radius 1 is 1.39 bits per heavy atom. The van der Waals surface area contributed by atoms with Crippen LogP contribution in [0.4, 0.5) is 5.69 Å². The van der Waals surface area contributed by atoms with E-state index in [0.29, 0.717) is 23.6 Å². The summed E-state index contributed by atoms with van der Waals surface area (Å²) in [5.41, 5.74) is 2.15. The molecule has 9 heteroatoms. The zero-order chi connectivity index (χ0) is 16.8. The van der Waals surface area contributed by atoms with Crippen molar-refractivity contribution in [1.29, 1.82) is 0 Å². The third-order valence-corrected chi connectivity index (χ3v) is 5.73. The van der Waals surface area contributed by atoms with E-state index in [2.05, 4.69) is 15.6 Å². The molecule has 0 spiro atoms. The van der Waals surface area contributed by atoms with Crippen molar-refractivity contribution in [1.82, 2.24) is 14.9 Å². The largest absolute Gasteiger partial charge is 0.361 e. The number of aryl methyl sites for hydroxylation is 2. The summed E-state index contributed by atoms with van der Waals surface area (Å²) in [6.07, 6.45) is 0.542. The summed E-state index contributed by atoms with van der Waals surface area (Å²) in [4.78, 5) is 12.2. The third-order valence-electron chi connectivity index (χ3n) is 3.98. The lowest BCUT2D eigenvalue weighted by Gasteiger charge is -2.11. The first kappa shape index (κ1) is 15.7. The van der Waals surface area contributed by atoms with Crippen LogP contribution in [0.15, 0.2) is 10.6 Å². The van der Waals surface area contributed by atoms with Gasteiger partial charge in [0.2, 0.25) is 0 Å². The van der Waals surface area contributed by atoms with Gasteiger partial charge in [-0.2, -0.15) is 5.10 Å². The lowest BCUT2D eigenvalue weighted by molar-refractivity contribution is 0.101. The number of nitrogens with zero attached hydrogens (tertiary/aromatic N) is 3. The van der Waals surface area contributed by atoms with Crippen molar-refractivity contribution in [3.63, 3.8) is 0 Å². The monoisotopic (exact) mass is 338 g/mol. The molecule has 2 aromatic rings. The fraction of sp³-hybridized carbons (Fsp3) is 0.500. The topological polar surface area (TPSA) is 107 Å². The molecule has 23 heavy (non-hydrogen) atoms. The molecule has 8 nitrogen and oxygen atoms in total. The minimum atomic E-state index is -3.00. The first-order chi connectivity index (χ1) is 10.8. The fourth-order valence-corrected chi connectivity index (χ4v) is 4.51. The molecule has 1 aliphatic heterocycles. The summed E-state index contributed by atoms with van der Waals surface area (Å²) in [7, 11) is -3.00. The Labute approximate surface area is 133 Å². The van der Waals surface area contributed by atoms with Gasteiger partial charge in [-0.25, -0.2) is 8.42 Å². The number of amides is 1. The Balaban J connectivity index is 1.85. The van der Waals surface area contributed by atoms with Gasteiger partial charge in [0, 0.05) is 6.07 Å². The molecule has 1 aliphatic rings. The number of aromatic nitrogens is 3. The summed E-state index contributed by atoms with van der Waals surface area (Å²) in [5.74, 6) is 0.433. The molecule has 0 saturated carbocycles. The standard InChI is InChI=1S/C14H18N4O4S/c1-8-6-12(17-22-8)14(19)15-13-9(2)16-18(10(13)3)11-4-5-23(20,21)7-11/h6,11H,4-5,7H2,1-3H3,(H,15,19). The van der Waals surface area contributed by atoms with Crippen molar-refractivity contribution in [2.24, 2.45) is 0 Å². The first-order valence-corrected chi connectivity index (χ1v) is 9.10. The molecule has 0 aromatic carbocycles. The van der Waals surface area contributed by atoms with E-state index in [1.165, 1.54) is 0 Å². The Bertz CT molecular complexity index is 865. The number of sulfone groups is 1. The number of nitrogens with one attached hydrogen (secondary N) is 1. The van der Waals surface area contributed by atoms with E-state index in [-0.39, 0.29) is 29.1 Å². The number of hydrogen-bond acceptors (Lipinski definition) is 6. The van der Waals surface area contributed by atoms with Crippen molar-refractivity contribution in [3.8, 4) is 0 Å². The van der Waals surface area contributed by atoms with Gasteiger partial charge in [-0.1, -0.05) is 5.16 Å². The smallest absolute Gasteiger partial charge is 0.277 e. The Hall–Kier alpha value is -2.16. The van der Waals surface area contributed by atoms with Crippen LogP contribution in [0.3, 0.4) is 0 Å². The van der Waals surface area contributed by atoms with E-state index in [1.807, 2.05) is 6.92 Å². The lowest BCUT2D eigenvalue weighted by Crippen LogP contribution is -2.15. The number of carbonyl (C=O) groups excluding carboxylic acids is 1. The van der Waals surface area contributed by atoms with Crippen LogP contribution in [0.25, 0.3) is 0 Å². The lowest BCUT2D eigenvalue weighted by atomic mass is 10.2. The summed E-state index contributed by atoms with van der Waals surface area (Å²) in [5, 5.41) is 10.9. The third kappa shape index (κ3) is 3.00. The number of rotatable bonds is 3. The molecule has 1 fully saturated rings. The van der Waals surface area contributed by atoms with Crippen LogP contribution in [0.5, 0.6) is 0 Å². The molecule has 0 aliphatic carbocycles. The van der Waals surface area contributed by atoms with E-state index in [4.69, 9.17) is 4.52 Å². The van der Waals surface area contributed by atoms with Crippen LogP contribution in [0.2, 0.25) is 0 Å². The quantitative estimate of drug-likeness (QED) is 0.906. The van der Waals surface area contributed by atoms with Crippen LogP contribution in [-0.2, 0) is 9.84 Å². The molecule has 0 bridgehead atoms. The van der Waals surface area contributed by atoms with Gasteiger partial charge < -0.3 is 9.84 Å². The minimum Gasteiger partial charge on any atom is -0.361 e. The summed E-state index contributed by atoms with van der Waals surface area (Å²) in [6, 6.07) is 1.37. The molecule has 3 rings (SSSR count). The van der Waals surface area contributed by atoms with Crippen LogP contribution < -0.4 is 5.32 Å². The number of hydrogen-bond donors (Lipinski definition) is 1. The molecule has 124 valence electrons. The van der Waals surface area contributed by atoms with Crippen LogP contribution in [0, 0.1) is 20.8 Å². The second kappa shape index (κ2) is 5.48. The molecule has 1 amide bonds. The number of anilines is 1. The minimum absolute atomic E-state index is 0.0881. The van der Waals surface area contributed by atoms with Gasteiger partial charge in [-0.3, -0.25) is 9.48 Å². The molecule has 2 aromatic heterocycles. The molecule has 3 heterocycles. The highest BCUT2D eigenvalue weighted by Gasteiger charge is 2.31. The van der Waals surface area contributed by atoms with Crippen LogP contribution in [0.1, 0.15) is 40.1 Å². The maximum absolute atomic E-state index is 12.2. The van der Waals surface area contributed by atoms with Gasteiger partial charge in [-0.05, 0) is 27.2 Å². The Kier molecular flexibility index (Phi) is 3.75. The van der Waals surface area contributed by atoms with E-state index >= 15 is 0 Å². The van der Waals surface area contributed by atoms with E-state index in [0.717, 1.165) is 5.69 Å².